The summed E-state index contributed by atoms with van der Waals surface area (Å²) in [7, 11) is 1.67. The zero-order valence-corrected chi connectivity index (χ0v) is 13.8. The molecule has 2 aromatic rings. The van der Waals surface area contributed by atoms with Crippen LogP contribution in [0.5, 0.6) is 11.5 Å². The van der Waals surface area contributed by atoms with E-state index in [9.17, 15) is 4.79 Å². The third kappa shape index (κ3) is 4.19. The van der Waals surface area contributed by atoms with Gasteiger partial charge in [0.15, 0.2) is 0 Å². The van der Waals surface area contributed by atoms with E-state index in [1.807, 2.05) is 30.3 Å². The molecule has 1 aliphatic rings. The summed E-state index contributed by atoms with van der Waals surface area (Å²) in [5.41, 5.74) is 1.19. The van der Waals surface area contributed by atoms with E-state index in [0.29, 0.717) is 18.2 Å². The topological polar surface area (TPSA) is 50.8 Å². The van der Waals surface area contributed by atoms with Crippen LogP contribution < -0.4 is 19.7 Å². The summed E-state index contributed by atoms with van der Waals surface area (Å²) in [6.45, 7) is 2.54. The molecule has 24 heavy (non-hydrogen) atoms. The lowest BCUT2D eigenvalue weighted by Crippen LogP contribution is -2.33. The number of carbonyl (C=O) groups excluding carboxylic acids is 1. The summed E-state index contributed by atoms with van der Waals surface area (Å²) in [4.78, 5) is 14.2. The Kier molecular flexibility index (Phi) is 5.21. The molecule has 1 saturated heterocycles. The number of hydrogen-bond acceptors (Lipinski definition) is 4. The van der Waals surface area contributed by atoms with Gasteiger partial charge in [0.25, 0.3) is 0 Å². The molecule has 0 radical (unpaired) electrons. The van der Waals surface area contributed by atoms with E-state index < -0.39 is 6.09 Å². The molecule has 0 aromatic heterocycles. The van der Waals surface area contributed by atoms with Gasteiger partial charge in [-0.25, -0.2) is 4.79 Å². The normalized spacial score (nSPS) is 16.7. The molecule has 1 heterocycles. The molecule has 2 aromatic carbocycles. The van der Waals surface area contributed by atoms with Gasteiger partial charge in [-0.1, -0.05) is 18.2 Å². The van der Waals surface area contributed by atoms with Crippen molar-refractivity contribution in [3.63, 3.8) is 0 Å². The van der Waals surface area contributed by atoms with Crippen LogP contribution in [0.15, 0.2) is 54.6 Å². The molecule has 1 fully saturated rings. The van der Waals surface area contributed by atoms with Crippen molar-refractivity contribution < 1.29 is 14.3 Å². The van der Waals surface area contributed by atoms with Crippen LogP contribution in [0.1, 0.15) is 6.42 Å². The first-order valence-electron chi connectivity index (χ1n) is 8.14. The van der Waals surface area contributed by atoms with Crippen molar-refractivity contribution >= 4 is 11.8 Å². The van der Waals surface area contributed by atoms with Crippen molar-refractivity contribution in [1.82, 2.24) is 5.32 Å². The minimum Gasteiger partial charge on any atom is -0.497 e. The lowest BCUT2D eigenvalue weighted by Gasteiger charge is -2.19. The quantitative estimate of drug-likeness (QED) is 0.916. The van der Waals surface area contributed by atoms with Crippen LogP contribution in [0, 0.1) is 5.92 Å². The van der Waals surface area contributed by atoms with Gasteiger partial charge in [-0.2, -0.15) is 0 Å². The van der Waals surface area contributed by atoms with Crippen LogP contribution in [0.4, 0.5) is 10.5 Å². The first kappa shape index (κ1) is 16.2. The fourth-order valence-electron chi connectivity index (χ4n) is 2.89. The molecule has 1 aliphatic heterocycles. The number of benzene rings is 2. The molecule has 5 nitrogen and oxygen atoms in total. The Labute approximate surface area is 142 Å². The van der Waals surface area contributed by atoms with E-state index in [1.165, 1.54) is 5.69 Å². The number of amides is 1. The minimum atomic E-state index is -0.399. The van der Waals surface area contributed by atoms with Gasteiger partial charge in [-0.3, -0.25) is 0 Å². The number of para-hydroxylation sites is 1. The number of nitrogens with zero attached hydrogens (tertiary/aromatic N) is 1. The van der Waals surface area contributed by atoms with E-state index in [1.54, 1.807) is 19.2 Å². The summed E-state index contributed by atoms with van der Waals surface area (Å²) >= 11 is 0. The smallest absolute Gasteiger partial charge is 0.412 e. The molecular formula is C19H22N2O3. The van der Waals surface area contributed by atoms with Crippen LogP contribution in [0.3, 0.4) is 0 Å². The molecule has 1 unspecified atom stereocenters. The van der Waals surface area contributed by atoms with Crippen LogP contribution in [-0.4, -0.2) is 32.8 Å². The van der Waals surface area contributed by atoms with Crippen LogP contribution >= 0.6 is 0 Å². The van der Waals surface area contributed by atoms with Crippen molar-refractivity contribution in [2.45, 2.75) is 6.42 Å². The average molecular weight is 326 g/mol. The van der Waals surface area contributed by atoms with Crippen molar-refractivity contribution in [2.24, 2.45) is 5.92 Å². The number of carbonyl (C=O) groups is 1. The van der Waals surface area contributed by atoms with Crippen LogP contribution in [0.25, 0.3) is 0 Å². The number of nitrogens with one attached hydrogen (secondary N) is 1. The maximum Gasteiger partial charge on any atom is 0.412 e. The summed E-state index contributed by atoms with van der Waals surface area (Å²) in [6, 6.07) is 17.2. The lowest BCUT2D eigenvalue weighted by molar-refractivity contribution is 0.199. The molecule has 0 spiro atoms. The second-order valence-electron chi connectivity index (χ2n) is 5.88. The van der Waals surface area contributed by atoms with Gasteiger partial charge in [-0.15, -0.1) is 0 Å². The largest absolute Gasteiger partial charge is 0.497 e. The first-order chi connectivity index (χ1) is 11.7. The molecule has 1 N–H and O–H groups in total. The van der Waals surface area contributed by atoms with Gasteiger partial charge in [0.05, 0.1) is 7.11 Å². The Morgan fingerprint density at radius 3 is 2.58 bits per heavy atom. The maximum atomic E-state index is 11.8. The van der Waals surface area contributed by atoms with Gasteiger partial charge in [0.2, 0.25) is 0 Å². The standard InChI is InChI=1S/C19H22N2O3/c1-23-17-9-7-16(8-10-17)21-12-11-15(14-21)13-20-19(22)24-18-5-3-2-4-6-18/h2-10,15H,11-14H2,1H3,(H,20,22). The number of ether oxygens (including phenoxy) is 2. The second kappa shape index (κ2) is 7.73. The molecular weight excluding hydrogens is 304 g/mol. The molecule has 0 saturated carbocycles. The SMILES string of the molecule is COc1ccc(N2CCC(CNC(=O)Oc3ccccc3)C2)cc1. The first-order valence-corrected chi connectivity index (χ1v) is 8.14. The van der Waals surface area contributed by atoms with E-state index in [2.05, 4.69) is 22.3 Å². The Bertz CT molecular complexity index is 658. The Balaban J connectivity index is 1.45. The zero-order valence-electron chi connectivity index (χ0n) is 13.8. The highest BCUT2D eigenvalue weighted by atomic mass is 16.6. The minimum absolute atomic E-state index is 0.399. The van der Waals surface area contributed by atoms with Gasteiger partial charge >= 0.3 is 6.09 Å². The molecule has 1 atom stereocenters. The van der Waals surface area contributed by atoms with Crippen molar-refractivity contribution in [3.8, 4) is 11.5 Å². The van der Waals surface area contributed by atoms with Gasteiger partial charge in [-0.05, 0) is 48.7 Å². The van der Waals surface area contributed by atoms with Gasteiger partial charge < -0.3 is 19.7 Å². The Morgan fingerprint density at radius 1 is 1.12 bits per heavy atom. The zero-order chi connectivity index (χ0) is 16.8. The lowest BCUT2D eigenvalue weighted by atomic mass is 10.1. The highest BCUT2D eigenvalue weighted by molar-refractivity contribution is 5.70. The van der Waals surface area contributed by atoms with Crippen LogP contribution in [-0.2, 0) is 0 Å². The molecule has 126 valence electrons. The predicted molar refractivity (Wildman–Crippen MR) is 93.8 cm³/mol. The third-order valence-electron chi connectivity index (χ3n) is 4.21. The maximum absolute atomic E-state index is 11.8. The summed E-state index contributed by atoms with van der Waals surface area (Å²) in [5, 5.41) is 2.86. The van der Waals surface area contributed by atoms with E-state index >= 15 is 0 Å². The molecule has 0 bridgehead atoms. The van der Waals surface area contributed by atoms with Crippen molar-refractivity contribution in [1.29, 1.82) is 0 Å². The molecule has 5 heteroatoms. The molecule has 1 amide bonds. The molecule has 0 aliphatic carbocycles. The van der Waals surface area contributed by atoms with Crippen LogP contribution in [0.2, 0.25) is 0 Å². The second-order valence-corrected chi connectivity index (χ2v) is 5.88. The van der Waals surface area contributed by atoms with E-state index in [-0.39, 0.29) is 0 Å². The third-order valence-corrected chi connectivity index (χ3v) is 4.21. The number of rotatable bonds is 5. The van der Waals surface area contributed by atoms with E-state index in [4.69, 9.17) is 9.47 Å². The monoisotopic (exact) mass is 326 g/mol. The average Bonchev–Trinajstić information content (AvgIpc) is 3.10. The predicted octanol–water partition coefficient (Wildman–Crippen LogP) is 3.31. The Hall–Kier alpha value is -2.69. The Morgan fingerprint density at radius 2 is 1.88 bits per heavy atom. The van der Waals surface area contributed by atoms with Gasteiger partial charge in [0, 0.05) is 25.3 Å². The summed E-state index contributed by atoms with van der Waals surface area (Å²) < 4.78 is 10.4. The number of methoxy groups -OCH3 is 1. The summed E-state index contributed by atoms with van der Waals surface area (Å²) in [6.07, 6.45) is 0.654. The molecule has 3 rings (SSSR count). The number of hydrogen-bond donors (Lipinski definition) is 1. The van der Waals surface area contributed by atoms with Gasteiger partial charge in [0.1, 0.15) is 11.5 Å². The highest BCUT2D eigenvalue weighted by Crippen LogP contribution is 2.25. The van der Waals surface area contributed by atoms with Crippen molar-refractivity contribution in [3.05, 3.63) is 54.6 Å². The highest BCUT2D eigenvalue weighted by Gasteiger charge is 2.23. The summed E-state index contributed by atoms with van der Waals surface area (Å²) in [5.74, 6) is 1.84. The van der Waals surface area contributed by atoms with E-state index in [0.717, 1.165) is 25.3 Å². The fraction of sp³-hybridized carbons (Fsp3) is 0.316. The fourth-order valence-corrected chi connectivity index (χ4v) is 2.89. The number of anilines is 1. The van der Waals surface area contributed by atoms with Crippen molar-refractivity contribution in [2.75, 3.05) is 31.6 Å².